The van der Waals surface area contributed by atoms with Gasteiger partial charge in [0.25, 0.3) is 5.91 Å². The minimum absolute atomic E-state index is 0.254. The molecule has 0 heterocycles. The van der Waals surface area contributed by atoms with Gasteiger partial charge in [0, 0.05) is 10.7 Å². The predicted octanol–water partition coefficient (Wildman–Crippen LogP) is 4.41. The highest BCUT2D eigenvalue weighted by Gasteiger charge is 2.12. The number of amides is 3. The van der Waals surface area contributed by atoms with Gasteiger partial charge >= 0.3 is 11.8 Å². The second-order valence-electron chi connectivity index (χ2n) is 7.05. The van der Waals surface area contributed by atoms with Crippen molar-refractivity contribution in [2.45, 2.75) is 6.92 Å². The summed E-state index contributed by atoms with van der Waals surface area (Å²) in [7, 11) is 0. The molecule has 0 fully saturated rings. The number of halogens is 2. The first kappa shape index (κ1) is 24.8. The number of nitrogens with one attached hydrogen (secondary N) is 3. The second-order valence-corrected chi connectivity index (χ2v) is 7.90. The number of hydrogen-bond donors (Lipinski definition) is 3. The zero-order chi connectivity index (χ0) is 24.5. The summed E-state index contributed by atoms with van der Waals surface area (Å²) in [5.74, 6) is -1.76. The van der Waals surface area contributed by atoms with Gasteiger partial charge < -0.3 is 15.4 Å². The monoisotopic (exact) mass is 498 g/mol. The fourth-order valence-corrected chi connectivity index (χ4v) is 3.11. The Kier molecular flexibility index (Phi) is 8.61. The second kappa shape index (κ2) is 11.8. The van der Waals surface area contributed by atoms with Crippen LogP contribution in [-0.2, 0) is 14.4 Å². The van der Waals surface area contributed by atoms with Crippen LogP contribution in [0.4, 0.5) is 11.4 Å². The number of carbonyl (C=O) groups excluding carboxylic acids is 3. The van der Waals surface area contributed by atoms with Gasteiger partial charge in [0.1, 0.15) is 5.75 Å². The van der Waals surface area contributed by atoms with Crippen LogP contribution in [-0.4, -0.2) is 30.5 Å². The molecule has 3 aromatic carbocycles. The number of anilines is 2. The van der Waals surface area contributed by atoms with Crippen molar-refractivity contribution in [1.29, 1.82) is 0 Å². The third-order valence-electron chi connectivity index (χ3n) is 4.33. The van der Waals surface area contributed by atoms with Crippen LogP contribution in [0.15, 0.2) is 71.8 Å². The Labute approximate surface area is 205 Å². The number of hydrazone groups is 1. The van der Waals surface area contributed by atoms with Gasteiger partial charge in [-0.3, -0.25) is 14.4 Å². The molecule has 0 saturated heterocycles. The smallest absolute Gasteiger partial charge is 0.329 e. The van der Waals surface area contributed by atoms with Gasteiger partial charge in [0.15, 0.2) is 6.61 Å². The van der Waals surface area contributed by atoms with E-state index >= 15 is 0 Å². The number of benzene rings is 3. The number of nitrogens with zero attached hydrogens (tertiary/aromatic N) is 1. The van der Waals surface area contributed by atoms with E-state index in [2.05, 4.69) is 21.2 Å². The van der Waals surface area contributed by atoms with Crippen molar-refractivity contribution in [2.75, 3.05) is 17.2 Å². The molecule has 34 heavy (non-hydrogen) atoms. The largest absolute Gasteiger partial charge is 0.484 e. The van der Waals surface area contributed by atoms with Crippen molar-refractivity contribution in [3.8, 4) is 5.75 Å². The molecule has 3 rings (SSSR count). The zero-order valence-corrected chi connectivity index (χ0v) is 19.5. The highest BCUT2D eigenvalue weighted by molar-refractivity contribution is 6.39. The molecule has 0 radical (unpaired) electrons. The third-order valence-corrected chi connectivity index (χ3v) is 4.88. The van der Waals surface area contributed by atoms with Crippen LogP contribution in [0.1, 0.15) is 11.1 Å². The molecule has 3 amide bonds. The minimum atomic E-state index is -0.915. The molecule has 3 N–H and O–H groups in total. The SMILES string of the molecule is Cc1ccc(NC(=O)C(=O)N/N=C\c2cccc(OCC(=O)Nc3ccc(Cl)cc3Cl)c2)cc1. The first-order chi connectivity index (χ1) is 16.3. The van der Waals surface area contributed by atoms with E-state index in [4.69, 9.17) is 27.9 Å². The fraction of sp³-hybridized carbons (Fsp3) is 0.0833. The number of aryl methyl sites for hydroxylation is 1. The lowest BCUT2D eigenvalue weighted by Gasteiger charge is -2.09. The Hall–Kier alpha value is -3.88. The maximum Gasteiger partial charge on any atom is 0.329 e. The maximum atomic E-state index is 12.1. The summed E-state index contributed by atoms with van der Waals surface area (Å²) < 4.78 is 5.49. The van der Waals surface area contributed by atoms with Gasteiger partial charge in [0.05, 0.1) is 16.9 Å². The Morgan fingerprint density at radius 3 is 2.44 bits per heavy atom. The summed E-state index contributed by atoms with van der Waals surface area (Å²) in [5, 5.41) is 9.67. The van der Waals surface area contributed by atoms with Gasteiger partial charge in [-0.15, -0.1) is 0 Å². The maximum absolute atomic E-state index is 12.1. The van der Waals surface area contributed by atoms with Gasteiger partial charge in [-0.05, 0) is 55.0 Å². The van der Waals surface area contributed by atoms with E-state index in [1.165, 1.54) is 12.3 Å². The summed E-state index contributed by atoms with van der Waals surface area (Å²) in [4.78, 5) is 36.0. The first-order valence-electron chi connectivity index (χ1n) is 9.99. The van der Waals surface area contributed by atoms with Crippen LogP contribution in [0.5, 0.6) is 5.75 Å². The van der Waals surface area contributed by atoms with Crippen LogP contribution in [0, 0.1) is 6.92 Å². The number of hydrogen-bond acceptors (Lipinski definition) is 5. The molecule has 0 saturated carbocycles. The van der Waals surface area contributed by atoms with Crippen molar-refractivity contribution in [3.63, 3.8) is 0 Å². The number of ether oxygens (including phenoxy) is 1. The van der Waals surface area contributed by atoms with Crippen molar-refractivity contribution in [3.05, 3.63) is 87.9 Å². The van der Waals surface area contributed by atoms with Crippen molar-refractivity contribution in [1.82, 2.24) is 5.43 Å². The van der Waals surface area contributed by atoms with Crippen LogP contribution in [0.2, 0.25) is 10.0 Å². The van der Waals surface area contributed by atoms with E-state index in [1.54, 1.807) is 48.5 Å². The van der Waals surface area contributed by atoms with E-state index in [0.717, 1.165) is 5.56 Å². The Bertz CT molecular complexity index is 1230. The molecule has 10 heteroatoms. The molecule has 0 atom stereocenters. The molecule has 0 bridgehead atoms. The minimum Gasteiger partial charge on any atom is -0.484 e. The van der Waals surface area contributed by atoms with E-state index in [1.807, 2.05) is 19.1 Å². The summed E-state index contributed by atoms with van der Waals surface area (Å²) in [6, 6.07) is 18.4. The molecule has 0 spiro atoms. The topological polar surface area (TPSA) is 109 Å². The van der Waals surface area contributed by atoms with Crippen molar-refractivity contribution in [2.24, 2.45) is 5.10 Å². The molecule has 8 nitrogen and oxygen atoms in total. The van der Waals surface area contributed by atoms with Crippen LogP contribution in [0.25, 0.3) is 0 Å². The van der Waals surface area contributed by atoms with Gasteiger partial charge in [-0.25, -0.2) is 5.43 Å². The van der Waals surface area contributed by atoms with E-state index in [9.17, 15) is 14.4 Å². The van der Waals surface area contributed by atoms with Crippen LogP contribution >= 0.6 is 23.2 Å². The first-order valence-corrected chi connectivity index (χ1v) is 10.7. The van der Waals surface area contributed by atoms with Crippen molar-refractivity contribution >= 4 is 58.5 Å². The molecule has 0 aliphatic rings. The molecule has 0 aliphatic heterocycles. The summed E-state index contributed by atoms with van der Waals surface area (Å²) >= 11 is 11.9. The normalized spacial score (nSPS) is 10.6. The molecule has 174 valence electrons. The average molecular weight is 499 g/mol. The molecular weight excluding hydrogens is 479 g/mol. The average Bonchev–Trinajstić information content (AvgIpc) is 2.81. The zero-order valence-electron chi connectivity index (χ0n) is 18.0. The lowest BCUT2D eigenvalue weighted by molar-refractivity contribution is -0.136. The lowest BCUT2D eigenvalue weighted by Crippen LogP contribution is -2.32. The van der Waals surface area contributed by atoms with Crippen molar-refractivity contribution < 1.29 is 19.1 Å². The highest BCUT2D eigenvalue weighted by atomic mass is 35.5. The Balaban J connectivity index is 1.48. The van der Waals surface area contributed by atoms with E-state index < -0.39 is 17.7 Å². The molecule has 0 aromatic heterocycles. The van der Waals surface area contributed by atoms with Gasteiger partial charge in [-0.2, -0.15) is 5.10 Å². The Morgan fingerprint density at radius 1 is 0.941 bits per heavy atom. The highest BCUT2D eigenvalue weighted by Crippen LogP contribution is 2.25. The quantitative estimate of drug-likeness (QED) is 0.254. The number of carbonyl (C=O) groups is 3. The van der Waals surface area contributed by atoms with Gasteiger partial charge in [0.2, 0.25) is 0 Å². The van der Waals surface area contributed by atoms with Crippen LogP contribution < -0.4 is 20.8 Å². The molecule has 3 aromatic rings. The summed E-state index contributed by atoms with van der Waals surface area (Å²) in [5.41, 5.74) is 4.70. The Morgan fingerprint density at radius 2 is 1.71 bits per heavy atom. The fourth-order valence-electron chi connectivity index (χ4n) is 2.65. The third kappa shape index (κ3) is 7.61. The van der Waals surface area contributed by atoms with E-state index in [-0.39, 0.29) is 6.61 Å². The van der Waals surface area contributed by atoms with E-state index in [0.29, 0.717) is 32.7 Å². The molecule has 0 aliphatic carbocycles. The van der Waals surface area contributed by atoms with Crippen LogP contribution in [0.3, 0.4) is 0 Å². The summed E-state index contributed by atoms with van der Waals surface area (Å²) in [6.07, 6.45) is 1.34. The standard InChI is InChI=1S/C24H20Cl2N4O4/c1-15-5-8-18(9-6-15)28-23(32)24(33)30-27-13-16-3-2-4-19(11-16)34-14-22(31)29-21-10-7-17(25)12-20(21)26/h2-13H,14H2,1H3,(H,28,32)(H,29,31)(H,30,33)/b27-13-. The number of rotatable bonds is 7. The lowest BCUT2D eigenvalue weighted by atomic mass is 10.2. The molecule has 0 unspecified atom stereocenters. The van der Waals surface area contributed by atoms with Gasteiger partial charge in [-0.1, -0.05) is 53.0 Å². The predicted molar refractivity (Wildman–Crippen MR) is 133 cm³/mol. The summed E-state index contributed by atoms with van der Waals surface area (Å²) in [6.45, 7) is 1.66. The molecular formula is C24H20Cl2N4O4.